The highest BCUT2D eigenvalue weighted by Crippen LogP contribution is 2.35. The highest BCUT2D eigenvalue weighted by molar-refractivity contribution is 6.31. The van der Waals surface area contributed by atoms with E-state index in [4.69, 9.17) is 25.8 Å². The lowest BCUT2D eigenvalue weighted by Gasteiger charge is -2.40. The molecule has 162 valence electrons. The molecule has 5 unspecified atom stereocenters. The molecule has 5 atom stereocenters. The van der Waals surface area contributed by atoms with Gasteiger partial charge >= 0.3 is 0 Å². The predicted octanol–water partition coefficient (Wildman–Crippen LogP) is 1.61. The van der Waals surface area contributed by atoms with Crippen molar-refractivity contribution in [3.05, 3.63) is 58.1 Å². The Morgan fingerprint density at radius 1 is 0.900 bits per heavy atom. The van der Waals surface area contributed by atoms with Crippen molar-refractivity contribution in [1.82, 2.24) is 0 Å². The van der Waals surface area contributed by atoms with Crippen LogP contribution < -0.4 is 9.47 Å². The van der Waals surface area contributed by atoms with Crippen molar-refractivity contribution in [2.45, 2.75) is 43.4 Å². The second-order valence-corrected chi connectivity index (χ2v) is 8.02. The Hall–Kier alpha value is -1.87. The molecule has 1 saturated heterocycles. The maximum atomic E-state index is 10.4. The number of aliphatic hydroxyl groups is 4. The summed E-state index contributed by atoms with van der Waals surface area (Å²) in [5.74, 6) is 1.42. The molecule has 2 aromatic carbocycles. The fourth-order valence-corrected chi connectivity index (χ4v) is 4.01. The Balaban J connectivity index is 1.59. The fraction of sp³-hybridized carbons (Fsp3) is 0.455. The first-order valence-corrected chi connectivity index (χ1v) is 10.3. The Kier molecular flexibility index (Phi) is 6.48. The van der Waals surface area contributed by atoms with Crippen molar-refractivity contribution in [3.8, 4) is 11.5 Å². The Bertz CT molecular complexity index is 888. The molecule has 2 aliphatic heterocycles. The van der Waals surface area contributed by atoms with E-state index >= 15 is 0 Å². The number of ether oxygens (including phenoxy) is 3. The van der Waals surface area contributed by atoms with E-state index in [1.165, 1.54) is 0 Å². The van der Waals surface area contributed by atoms with Gasteiger partial charge in [-0.05, 0) is 41.3 Å². The maximum absolute atomic E-state index is 10.4. The molecule has 0 bridgehead atoms. The molecule has 2 heterocycles. The predicted molar refractivity (Wildman–Crippen MR) is 109 cm³/mol. The Morgan fingerprint density at radius 3 is 2.43 bits per heavy atom. The summed E-state index contributed by atoms with van der Waals surface area (Å²) in [6, 6.07) is 11.0. The molecule has 4 N–H and O–H groups in total. The van der Waals surface area contributed by atoms with Gasteiger partial charge in [0, 0.05) is 11.4 Å². The van der Waals surface area contributed by atoms with Crippen LogP contribution in [0.1, 0.15) is 29.2 Å². The van der Waals surface area contributed by atoms with E-state index in [0.29, 0.717) is 36.0 Å². The molecule has 0 radical (unpaired) electrons. The van der Waals surface area contributed by atoms with Crippen molar-refractivity contribution in [1.29, 1.82) is 0 Å². The van der Waals surface area contributed by atoms with Crippen molar-refractivity contribution in [2.75, 3.05) is 19.8 Å². The van der Waals surface area contributed by atoms with E-state index < -0.39 is 37.1 Å². The third-order valence-corrected chi connectivity index (χ3v) is 5.87. The summed E-state index contributed by atoms with van der Waals surface area (Å²) in [5, 5.41) is 40.5. The Morgan fingerprint density at radius 2 is 1.67 bits per heavy atom. The SMILES string of the molecule is OCC1OC(c2ccc(Cl)c(Cc3ccc4c(c3)OCCCO4)c2)C(O)C(O)C1O. The third kappa shape index (κ3) is 4.27. The summed E-state index contributed by atoms with van der Waals surface area (Å²) in [5.41, 5.74) is 2.38. The van der Waals surface area contributed by atoms with Crippen molar-refractivity contribution in [3.63, 3.8) is 0 Å². The first-order valence-electron chi connectivity index (χ1n) is 9.95. The van der Waals surface area contributed by atoms with Gasteiger partial charge in [0.15, 0.2) is 11.5 Å². The number of rotatable bonds is 4. The van der Waals surface area contributed by atoms with Crippen molar-refractivity contribution < 1.29 is 34.6 Å². The largest absolute Gasteiger partial charge is 0.490 e. The van der Waals surface area contributed by atoms with Crippen LogP contribution >= 0.6 is 11.6 Å². The van der Waals surface area contributed by atoms with Gasteiger partial charge in [0.1, 0.15) is 30.5 Å². The minimum absolute atomic E-state index is 0.473. The smallest absolute Gasteiger partial charge is 0.161 e. The maximum Gasteiger partial charge on any atom is 0.161 e. The molecule has 0 amide bonds. The van der Waals surface area contributed by atoms with Crippen molar-refractivity contribution in [2.24, 2.45) is 0 Å². The lowest BCUT2D eigenvalue weighted by atomic mass is 9.90. The number of benzene rings is 2. The van der Waals surface area contributed by atoms with Crippen LogP contribution in [0, 0.1) is 0 Å². The molecule has 7 nitrogen and oxygen atoms in total. The quantitative estimate of drug-likeness (QED) is 0.576. The summed E-state index contributed by atoms with van der Waals surface area (Å²) in [4.78, 5) is 0. The second-order valence-electron chi connectivity index (χ2n) is 7.61. The van der Waals surface area contributed by atoms with E-state index in [-0.39, 0.29) is 0 Å². The molecule has 0 aromatic heterocycles. The summed E-state index contributed by atoms with van der Waals surface area (Å²) >= 11 is 6.41. The van der Waals surface area contributed by atoms with E-state index in [1.807, 2.05) is 18.2 Å². The van der Waals surface area contributed by atoms with Gasteiger partial charge in [-0.25, -0.2) is 0 Å². The first-order chi connectivity index (χ1) is 14.5. The van der Waals surface area contributed by atoms with Gasteiger partial charge in [0.25, 0.3) is 0 Å². The van der Waals surface area contributed by atoms with Crippen LogP contribution in [0.3, 0.4) is 0 Å². The van der Waals surface area contributed by atoms with Crippen LogP contribution in [0.4, 0.5) is 0 Å². The molecule has 2 aliphatic rings. The lowest BCUT2D eigenvalue weighted by Crippen LogP contribution is -2.55. The lowest BCUT2D eigenvalue weighted by molar-refractivity contribution is -0.231. The topological polar surface area (TPSA) is 109 Å². The van der Waals surface area contributed by atoms with Crippen LogP contribution in [0.15, 0.2) is 36.4 Å². The zero-order valence-electron chi connectivity index (χ0n) is 16.3. The van der Waals surface area contributed by atoms with Crippen LogP contribution in [-0.4, -0.2) is 64.7 Å². The molecule has 0 saturated carbocycles. The second kappa shape index (κ2) is 9.09. The highest BCUT2D eigenvalue weighted by atomic mass is 35.5. The zero-order valence-corrected chi connectivity index (χ0v) is 17.0. The standard InChI is InChI=1S/C22H25ClO7/c23-15-4-3-13(22-21(27)20(26)19(25)18(11-24)30-22)10-14(15)8-12-2-5-16-17(9-12)29-7-1-6-28-16/h2-5,9-10,18-22,24-27H,1,6-8,11H2. The molecule has 2 aromatic rings. The zero-order chi connectivity index (χ0) is 21.3. The van der Waals surface area contributed by atoms with E-state index in [1.54, 1.807) is 18.2 Å². The summed E-state index contributed by atoms with van der Waals surface area (Å²) in [7, 11) is 0. The minimum Gasteiger partial charge on any atom is -0.490 e. The van der Waals surface area contributed by atoms with Gasteiger partial charge in [-0.15, -0.1) is 0 Å². The highest BCUT2D eigenvalue weighted by Gasteiger charge is 2.44. The van der Waals surface area contributed by atoms with Crippen molar-refractivity contribution >= 4 is 11.6 Å². The van der Waals surface area contributed by atoms with E-state index in [0.717, 1.165) is 23.3 Å². The number of hydrogen-bond acceptors (Lipinski definition) is 7. The monoisotopic (exact) mass is 436 g/mol. The molecule has 0 spiro atoms. The van der Waals surface area contributed by atoms with E-state index in [2.05, 4.69) is 0 Å². The van der Waals surface area contributed by atoms with Crippen LogP contribution in [0.5, 0.6) is 11.5 Å². The molecular weight excluding hydrogens is 412 g/mol. The Labute approximate surface area is 179 Å². The summed E-state index contributed by atoms with van der Waals surface area (Å²) in [6.45, 7) is 0.752. The average molecular weight is 437 g/mol. The number of halogens is 1. The minimum atomic E-state index is -1.43. The fourth-order valence-electron chi connectivity index (χ4n) is 3.82. The molecular formula is C22H25ClO7. The molecule has 8 heteroatoms. The van der Waals surface area contributed by atoms with Gasteiger partial charge < -0.3 is 34.6 Å². The normalized spacial score (nSPS) is 28.8. The van der Waals surface area contributed by atoms with Gasteiger partial charge in [-0.1, -0.05) is 29.8 Å². The number of hydrogen-bond donors (Lipinski definition) is 4. The average Bonchev–Trinajstić information content (AvgIpc) is 2.99. The molecule has 30 heavy (non-hydrogen) atoms. The molecule has 1 fully saturated rings. The van der Waals surface area contributed by atoms with Gasteiger partial charge in [-0.2, -0.15) is 0 Å². The number of aliphatic hydroxyl groups excluding tert-OH is 4. The van der Waals surface area contributed by atoms with Crippen LogP contribution in [-0.2, 0) is 11.2 Å². The number of fused-ring (bicyclic) bond motifs is 1. The van der Waals surface area contributed by atoms with Crippen LogP contribution in [0.2, 0.25) is 5.02 Å². The molecule has 4 rings (SSSR count). The van der Waals surface area contributed by atoms with Gasteiger partial charge in [0.05, 0.1) is 19.8 Å². The van der Waals surface area contributed by atoms with Crippen LogP contribution in [0.25, 0.3) is 0 Å². The molecule has 0 aliphatic carbocycles. The summed E-state index contributed by atoms with van der Waals surface area (Å²) in [6.07, 6.45) is -4.68. The first kappa shape index (κ1) is 21.4. The van der Waals surface area contributed by atoms with Gasteiger partial charge in [0.2, 0.25) is 0 Å². The van der Waals surface area contributed by atoms with E-state index in [9.17, 15) is 20.4 Å². The summed E-state index contributed by atoms with van der Waals surface area (Å²) < 4.78 is 17.1. The third-order valence-electron chi connectivity index (χ3n) is 5.50. The van der Waals surface area contributed by atoms with Gasteiger partial charge in [-0.3, -0.25) is 0 Å².